The van der Waals surface area contributed by atoms with E-state index < -0.39 is 9.84 Å². The minimum Gasteiger partial charge on any atom is -0.329 e. The van der Waals surface area contributed by atoms with Crippen molar-refractivity contribution in [3.63, 3.8) is 0 Å². The van der Waals surface area contributed by atoms with Gasteiger partial charge in [0.15, 0.2) is 9.84 Å². The highest BCUT2D eigenvalue weighted by Crippen LogP contribution is 2.17. The van der Waals surface area contributed by atoms with Gasteiger partial charge in [0, 0.05) is 6.54 Å². The molecule has 0 bridgehead atoms. The highest BCUT2D eigenvalue weighted by atomic mass is 32.2. The molecule has 1 aliphatic rings. The van der Waals surface area contributed by atoms with Crippen molar-refractivity contribution in [3.05, 3.63) is 12.2 Å². The second-order valence-corrected chi connectivity index (χ2v) is 5.39. The maximum Gasteiger partial charge on any atom is 0.157 e. The first-order valence-corrected chi connectivity index (χ1v) is 5.96. The second-order valence-electron chi connectivity index (χ2n) is 3.05. The third kappa shape index (κ3) is 2.32. The minimum absolute atomic E-state index is 0.113. The van der Waals surface area contributed by atoms with Crippen molar-refractivity contribution in [1.82, 2.24) is 0 Å². The minimum atomic E-state index is -2.95. The average Bonchev–Trinajstić information content (AvgIpc) is 2.06. The molecule has 3 nitrogen and oxygen atoms in total. The molecule has 70 valence electrons. The van der Waals surface area contributed by atoms with E-state index in [1.807, 2.05) is 6.08 Å². The van der Waals surface area contributed by atoms with Crippen LogP contribution in [0.4, 0.5) is 0 Å². The lowest BCUT2D eigenvalue weighted by Gasteiger charge is -2.15. The van der Waals surface area contributed by atoms with Crippen LogP contribution in [-0.2, 0) is 9.84 Å². The van der Waals surface area contributed by atoms with E-state index in [1.54, 1.807) is 6.08 Å². The van der Waals surface area contributed by atoms with Crippen LogP contribution >= 0.6 is 0 Å². The highest BCUT2D eigenvalue weighted by molar-refractivity contribution is 7.92. The quantitative estimate of drug-likeness (QED) is 0.656. The molecule has 0 heterocycles. The average molecular weight is 189 g/mol. The number of nitrogens with two attached hydrogens (primary N) is 1. The van der Waals surface area contributed by atoms with Crippen LogP contribution in [0.3, 0.4) is 0 Å². The normalized spacial score (nSPS) is 24.2. The van der Waals surface area contributed by atoms with Gasteiger partial charge in [-0.15, -0.1) is 0 Å². The summed E-state index contributed by atoms with van der Waals surface area (Å²) >= 11 is 0. The molecule has 0 aromatic rings. The Labute approximate surface area is 73.6 Å². The van der Waals surface area contributed by atoms with E-state index in [4.69, 9.17) is 5.73 Å². The highest BCUT2D eigenvalue weighted by Gasteiger charge is 2.22. The van der Waals surface area contributed by atoms with Crippen LogP contribution < -0.4 is 5.73 Å². The van der Waals surface area contributed by atoms with Crippen LogP contribution in [0, 0.1) is 0 Å². The van der Waals surface area contributed by atoms with Crippen molar-refractivity contribution in [3.8, 4) is 0 Å². The molecule has 0 radical (unpaired) electrons. The largest absolute Gasteiger partial charge is 0.329 e. The fourth-order valence-electron chi connectivity index (χ4n) is 1.40. The van der Waals surface area contributed by atoms with Crippen molar-refractivity contribution in [1.29, 1.82) is 0 Å². The van der Waals surface area contributed by atoms with E-state index in [0.717, 1.165) is 19.3 Å². The molecule has 0 spiro atoms. The van der Waals surface area contributed by atoms with E-state index >= 15 is 0 Å². The maximum absolute atomic E-state index is 11.5. The van der Waals surface area contributed by atoms with E-state index in [2.05, 4.69) is 0 Å². The van der Waals surface area contributed by atoms with Gasteiger partial charge in [0.2, 0.25) is 0 Å². The molecule has 0 aromatic heterocycles. The van der Waals surface area contributed by atoms with E-state index in [-0.39, 0.29) is 17.5 Å². The molecule has 2 N–H and O–H groups in total. The Morgan fingerprint density at radius 3 is 2.75 bits per heavy atom. The summed E-state index contributed by atoms with van der Waals surface area (Å²) in [5.41, 5.74) is 5.22. The van der Waals surface area contributed by atoms with Gasteiger partial charge in [-0.2, -0.15) is 0 Å². The first-order valence-electron chi connectivity index (χ1n) is 4.25. The van der Waals surface area contributed by atoms with Gasteiger partial charge in [-0.05, 0) is 19.3 Å². The summed E-state index contributed by atoms with van der Waals surface area (Å²) in [6.45, 7) is 0.229. The summed E-state index contributed by atoms with van der Waals surface area (Å²) in [6.07, 6.45) is 6.50. The van der Waals surface area contributed by atoms with Gasteiger partial charge >= 0.3 is 0 Å². The lowest BCUT2D eigenvalue weighted by Crippen LogP contribution is -2.27. The summed E-state index contributed by atoms with van der Waals surface area (Å²) in [4.78, 5) is 0. The first-order chi connectivity index (χ1) is 5.67. The molecule has 0 amide bonds. The van der Waals surface area contributed by atoms with Gasteiger partial charge < -0.3 is 5.73 Å². The van der Waals surface area contributed by atoms with E-state index in [0.29, 0.717) is 0 Å². The molecule has 1 atom stereocenters. The monoisotopic (exact) mass is 189 g/mol. The standard InChI is InChI=1S/C8H15NO2S/c9-6-7-12(10,11)8-4-2-1-3-5-8/h2,4,8H,1,3,5-7,9H2. The Bertz CT molecular complexity index is 256. The van der Waals surface area contributed by atoms with Crippen molar-refractivity contribution in [2.75, 3.05) is 12.3 Å². The zero-order valence-electron chi connectivity index (χ0n) is 7.07. The zero-order chi connectivity index (χ0) is 9.03. The van der Waals surface area contributed by atoms with E-state index in [1.165, 1.54) is 0 Å². The Hall–Kier alpha value is -0.350. The van der Waals surface area contributed by atoms with Crippen molar-refractivity contribution < 1.29 is 8.42 Å². The smallest absolute Gasteiger partial charge is 0.157 e. The van der Waals surface area contributed by atoms with Crippen molar-refractivity contribution in [2.45, 2.75) is 24.5 Å². The number of hydrogen-bond donors (Lipinski definition) is 1. The van der Waals surface area contributed by atoms with Crippen LogP contribution in [0.25, 0.3) is 0 Å². The van der Waals surface area contributed by atoms with Gasteiger partial charge in [0.25, 0.3) is 0 Å². The lowest BCUT2D eigenvalue weighted by atomic mass is 10.1. The number of rotatable bonds is 3. The van der Waals surface area contributed by atoms with Crippen molar-refractivity contribution >= 4 is 9.84 Å². The summed E-state index contributed by atoms with van der Waals surface area (Å²) in [5, 5.41) is -0.269. The topological polar surface area (TPSA) is 60.2 Å². The SMILES string of the molecule is NCCS(=O)(=O)C1C=CCCC1. The lowest BCUT2D eigenvalue weighted by molar-refractivity contribution is 0.577. The Kier molecular flexibility index (Phi) is 3.29. The first kappa shape index (κ1) is 9.74. The van der Waals surface area contributed by atoms with Gasteiger partial charge in [-0.1, -0.05) is 12.2 Å². The summed E-state index contributed by atoms with van der Waals surface area (Å²) in [5.74, 6) is 0.113. The van der Waals surface area contributed by atoms with Crippen LogP contribution in [0.1, 0.15) is 19.3 Å². The van der Waals surface area contributed by atoms with Crippen LogP contribution in [-0.4, -0.2) is 26.0 Å². The fourth-order valence-corrected chi connectivity index (χ4v) is 2.90. The number of sulfone groups is 1. The predicted octanol–water partition coefficient (Wildman–Crippen LogP) is 0.469. The molecule has 0 aromatic carbocycles. The van der Waals surface area contributed by atoms with Crippen LogP contribution in [0.2, 0.25) is 0 Å². The summed E-state index contributed by atoms with van der Waals surface area (Å²) < 4.78 is 22.9. The third-order valence-electron chi connectivity index (χ3n) is 2.07. The zero-order valence-corrected chi connectivity index (χ0v) is 7.89. The molecular weight excluding hydrogens is 174 g/mol. The molecule has 0 saturated carbocycles. The van der Waals surface area contributed by atoms with Crippen LogP contribution in [0.5, 0.6) is 0 Å². The summed E-state index contributed by atoms with van der Waals surface area (Å²) in [6, 6.07) is 0. The Morgan fingerprint density at radius 2 is 2.25 bits per heavy atom. The molecule has 0 aliphatic heterocycles. The van der Waals surface area contributed by atoms with Gasteiger partial charge in [-0.3, -0.25) is 0 Å². The summed E-state index contributed by atoms with van der Waals surface area (Å²) in [7, 11) is -2.95. The Morgan fingerprint density at radius 1 is 1.50 bits per heavy atom. The number of allylic oxidation sites excluding steroid dienone is 1. The molecule has 0 fully saturated rings. The predicted molar refractivity (Wildman–Crippen MR) is 49.6 cm³/mol. The second kappa shape index (κ2) is 4.05. The molecule has 1 unspecified atom stereocenters. The van der Waals surface area contributed by atoms with Crippen molar-refractivity contribution in [2.24, 2.45) is 5.73 Å². The van der Waals surface area contributed by atoms with Gasteiger partial charge in [0.05, 0.1) is 11.0 Å². The molecular formula is C8H15NO2S. The third-order valence-corrected chi connectivity index (χ3v) is 4.19. The Balaban J connectivity index is 2.67. The molecule has 1 rings (SSSR count). The molecule has 1 aliphatic carbocycles. The molecule has 12 heavy (non-hydrogen) atoms. The molecule has 4 heteroatoms. The fraction of sp³-hybridized carbons (Fsp3) is 0.750. The molecule has 0 saturated heterocycles. The van der Waals surface area contributed by atoms with Crippen LogP contribution in [0.15, 0.2) is 12.2 Å². The maximum atomic E-state index is 11.5. The van der Waals surface area contributed by atoms with E-state index in [9.17, 15) is 8.42 Å². The van der Waals surface area contributed by atoms with Gasteiger partial charge in [-0.25, -0.2) is 8.42 Å². The number of hydrogen-bond acceptors (Lipinski definition) is 3. The van der Waals surface area contributed by atoms with Gasteiger partial charge in [0.1, 0.15) is 0 Å².